The Morgan fingerprint density at radius 3 is 2.94 bits per heavy atom. The number of hydrogen-bond acceptors (Lipinski definition) is 5. The molecule has 0 aliphatic carbocycles. The van der Waals surface area contributed by atoms with Crippen LogP contribution in [0.25, 0.3) is 10.9 Å². The van der Waals surface area contributed by atoms with Crippen LogP contribution in [0.3, 0.4) is 0 Å². The van der Waals surface area contributed by atoms with Crippen LogP contribution in [0.1, 0.15) is 6.42 Å². The van der Waals surface area contributed by atoms with Crippen LogP contribution in [-0.2, 0) is 0 Å². The van der Waals surface area contributed by atoms with Gasteiger partial charge in [0.15, 0.2) is 0 Å². The van der Waals surface area contributed by atoms with Gasteiger partial charge in [-0.15, -0.1) is 0 Å². The van der Waals surface area contributed by atoms with E-state index in [1.54, 1.807) is 0 Å². The molecule has 5 nitrogen and oxygen atoms in total. The van der Waals surface area contributed by atoms with E-state index in [1.807, 2.05) is 24.3 Å². The summed E-state index contributed by atoms with van der Waals surface area (Å²) < 4.78 is 0. The molecule has 2 heterocycles. The molecular formula is C13H16N4O. The lowest BCUT2D eigenvalue weighted by molar-refractivity contribution is 0.238. The highest BCUT2D eigenvalue weighted by Crippen LogP contribution is 2.28. The third-order valence-corrected chi connectivity index (χ3v) is 3.44. The van der Waals surface area contributed by atoms with Gasteiger partial charge in [0.25, 0.3) is 0 Å². The minimum Gasteiger partial charge on any atom is -0.396 e. The van der Waals surface area contributed by atoms with Gasteiger partial charge < -0.3 is 15.7 Å². The average Bonchev–Trinajstić information content (AvgIpc) is 2.86. The maximum absolute atomic E-state index is 9.21. The number of nitrogens with zero attached hydrogens (tertiary/aromatic N) is 3. The summed E-state index contributed by atoms with van der Waals surface area (Å²) in [5.41, 5.74) is 6.63. The standard InChI is InChI=1S/C13H16N4O/c14-13-15-11-4-2-1-3-10(11)12(16-13)17-6-5-9(7-17)8-18/h1-4,9,18H,5-8H2,(H2,14,15,16). The Morgan fingerprint density at radius 2 is 2.17 bits per heavy atom. The molecule has 1 atom stereocenters. The molecule has 0 amide bonds. The normalized spacial score (nSPS) is 19.6. The third-order valence-electron chi connectivity index (χ3n) is 3.44. The van der Waals surface area contributed by atoms with Crippen molar-refractivity contribution in [1.82, 2.24) is 9.97 Å². The van der Waals surface area contributed by atoms with Gasteiger partial charge in [-0.25, -0.2) is 4.98 Å². The average molecular weight is 244 g/mol. The van der Waals surface area contributed by atoms with Crippen LogP contribution in [0.4, 0.5) is 11.8 Å². The fourth-order valence-electron chi connectivity index (χ4n) is 2.49. The molecule has 1 aliphatic rings. The highest BCUT2D eigenvalue weighted by Gasteiger charge is 2.24. The van der Waals surface area contributed by atoms with E-state index >= 15 is 0 Å². The summed E-state index contributed by atoms with van der Waals surface area (Å²) in [4.78, 5) is 10.8. The fourth-order valence-corrected chi connectivity index (χ4v) is 2.49. The Hall–Kier alpha value is -1.88. The lowest BCUT2D eigenvalue weighted by atomic mass is 10.1. The Balaban J connectivity index is 2.06. The largest absolute Gasteiger partial charge is 0.396 e. The molecule has 1 fully saturated rings. The lowest BCUT2D eigenvalue weighted by Crippen LogP contribution is -2.22. The second kappa shape index (κ2) is 4.42. The van der Waals surface area contributed by atoms with Crippen LogP contribution in [0.15, 0.2) is 24.3 Å². The minimum absolute atomic E-state index is 0.231. The van der Waals surface area contributed by atoms with Gasteiger partial charge in [0.2, 0.25) is 5.95 Å². The monoisotopic (exact) mass is 244 g/mol. The molecule has 1 unspecified atom stereocenters. The molecule has 3 rings (SSSR count). The summed E-state index contributed by atoms with van der Waals surface area (Å²) in [6.07, 6.45) is 0.995. The van der Waals surface area contributed by atoms with Gasteiger partial charge in [-0.1, -0.05) is 12.1 Å². The first-order valence-corrected chi connectivity index (χ1v) is 6.16. The predicted molar refractivity (Wildman–Crippen MR) is 71.4 cm³/mol. The van der Waals surface area contributed by atoms with Crippen LogP contribution >= 0.6 is 0 Å². The Kier molecular flexibility index (Phi) is 2.76. The van der Waals surface area contributed by atoms with Crippen molar-refractivity contribution in [3.8, 4) is 0 Å². The number of aromatic nitrogens is 2. The summed E-state index contributed by atoms with van der Waals surface area (Å²) in [6.45, 7) is 1.97. The van der Waals surface area contributed by atoms with Crippen molar-refractivity contribution in [3.05, 3.63) is 24.3 Å². The van der Waals surface area contributed by atoms with Crippen LogP contribution in [-0.4, -0.2) is 34.8 Å². The number of nitrogen functional groups attached to an aromatic ring is 1. The van der Waals surface area contributed by atoms with Gasteiger partial charge >= 0.3 is 0 Å². The van der Waals surface area contributed by atoms with E-state index in [-0.39, 0.29) is 6.61 Å². The number of nitrogens with two attached hydrogens (primary N) is 1. The van der Waals surface area contributed by atoms with Crippen molar-refractivity contribution in [1.29, 1.82) is 0 Å². The highest BCUT2D eigenvalue weighted by molar-refractivity contribution is 5.90. The second-order valence-electron chi connectivity index (χ2n) is 4.71. The zero-order chi connectivity index (χ0) is 12.5. The van der Waals surface area contributed by atoms with Crippen molar-refractivity contribution in [3.63, 3.8) is 0 Å². The van der Waals surface area contributed by atoms with E-state index in [0.717, 1.165) is 36.2 Å². The smallest absolute Gasteiger partial charge is 0.222 e. The van der Waals surface area contributed by atoms with Crippen molar-refractivity contribution in [2.75, 3.05) is 30.3 Å². The molecule has 2 aromatic rings. The van der Waals surface area contributed by atoms with Gasteiger partial charge in [0, 0.05) is 31.0 Å². The molecular weight excluding hydrogens is 228 g/mol. The van der Waals surface area contributed by atoms with Crippen LogP contribution in [0, 0.1) is 5.92 Å². The van der Waals surface area contributed by atoms with Gasteiger partial charge in [-0.2, -0.15) is 4.98 Å². The first-order chi connectivity index (χ1) is 8.78. The Morgan fingerprint density at radius 1 is 1.33 bits per heavy atom. The number of fused-ring (bicyclic) bond motifs is 1. The fraction of sp³-hybridized carbons (Fsp3) is 0.385. The van der Waals surface area contributed by atoms with Gasteiger partial charge in [-0.3, -0.25) is 0 Å². The first-order valence-electron chi connectivity index (χ1n) is 6.16. The topological polar surface area (TPSA) is 75.3 Å². The number of anilines is 2. The summed E-state index contributed by atoms with van der Waals surface area (Å²) >= 11 is 0. The zero-order valence-corrected chi connectivity index (χ0v) is 10.1. The molecule has 94 valence electrons. The molecule has 0 saturated carbocycles. The van der Waals surface area contributed by atoms with E-state index < -0.39 is 0 Å². The Labute approximate surface area is 105 Å². The summed E-state index contributed by atoms with van der Waals surface area (Å²) in [5, 5.41) is 10.2. The number of hydrogen-bond donors (Lipinski definition) is 2. The number of aliphatic hydroxyl groups excluding tert-OH is 1. The summed E-state index contributed by atoms with van der Waals surface area (Å²) in [7, 11) is 0. The Bertz CT molecular complexity index is 572. The molecule has 0 radical (unpaired) electrons. The maximum Gasteiger partial charge on any atom is 0.222 e. The zero-order valence-electron chi connectivity index (χ0n) is 10.1. The van der Waals surface area contributed by atoms with Crippen LogP contribution in [0.5, 0.6) is 0 Å². The van der Waals surface area contributed by atoms with E-state index in [2.05, 4.69) is 14.9 Å². The van der Waals surface area contributed by atoms with Crippen molar-refractivity contribution < 1.29 is 5.11 Å². The molecule has 0 bridgehead atoms. The van der Waals surface area contributed by atoms with Gasteiger partial charge in [-0.05, 0) is 18.6 Å². The highest BCUT2D eigenvalue weighted by atomic mass is 16.3. The molecule has 1 aromatic heterocycles. The van der Waals surface area contributed by atoms with E-state index in [1.165, 1.54) is 0 Å². The number of para-hydroxylation sites is 1. The first kappa shape index (κ1) is 11.2. The van der Waals surface area contributed by atoms with Gasteiger partial charge in [0.1, 0.15) is 5.82 Å². The van der Waals surface area contributed by atoms with Crippen LogP contribution in [0.2, 0.25) is 0 Å². The molecule has 5 heteroatoms. The van der Waals surface area contributed by atoms with E-state index in [0.29, 0.717) is 11.9 Å². The third kappa shape index (κ3) is 1.86. The molecule has 1 aliphatic heterocycles. The number of rotatable bonds is 2. The van der Waals surface area contributed by atoms with E-state index in [4.69, 9.17) is 5.73 Å². The molecule has 0 spiro atoms. The van der Waals surface area contributed by atoms with Crippen LogP contribution < -0.4 is 10.6 Å². The van der Waals surface area contributed by atoms with Crippen molar-refractivity contribution in [2.45, 2.75) is 6.42 Å². The second-order valence-corrected chi connectivity index (χ2v) is 4.71. The van der Waals surface area contributed by atoms with Crippen molar-refractivity contribution in [2.24, 2.45) is 5.92 Å². The number of aliphatic hydroxyl groups is 1. The summed E-state index contributed by atoms with van der Waals surface area (Å²) in [5.74, 6) is 1.52. The maximum atomic E-state index is 9.21. The SMILES string of the molecule is Nc1nc(N2CCC(CO)C2)c2ccccc2n1. The minimum atomic E-state index is 0.231. The lowest BCUT2D eigenvalue weighted by Gasteiger charge is -2.19. The van der Waals surface area contributed by atoms with Crippen molar-refractivity contribution >= 4 is 22.7 Å². The van der Waals surface area contributed by atoms with E-state index in [9.17, 15) is 5.11 Å². The number of benzene rings is 1. The molecule has 3 N–H and O–H groups in total. The van der Waals surface area contributed by atoms with Gasteiger partial charge in [0.05, 0.1) is 5.52 Å². The molecule has 1 aromatic carbocycles. The predicted octanol–water partition coefficient (Wildman–Crippen LogP) is 1.03. The molecule has 1 saturated heterocycles. The summed E-state index contributed by atoms with van der Waals surface area (Å²) in [6, 6.07) is 7.87. The quantitative estimate of drug-likeness (QED) is 0.825. The molecule has 18 heavy (non-hydrogen) atoms.